The van der Waals surface area contributed by atoms with Gasteiger partial charge in [-0.15, -0.1) is 0 Å². The maximum Gasteiger partial charge on any atom is 0.127 e. The number of anilines is 1. The SMILES string of the molecule is Cc1cc(N)cc(C)c1C1=c2ccccc2=C(F)CN1. The van der Waals surface area contributed by atoms with Crippen LogP contribution in [0.1, 0.15) is 16.7 Å². The van der Waals surface area contributed by atoms with Gasteiger partial charge in [0.05, 0.1) is 12.2 Å². The molecule has 0 aliphatic carbocycles. The summed E-state index contributed by atoms with van der Waals surface area (Å²) in [6.07, 6.45) is 0. The van der Waals surface area contributed by atoms with Crippen molar-refractivity contribution in [2.45, 2.75) is 13.8 Å². The highest BCUT2D eigenvalue weighted by molar-refractivity contribution is 5.73. The number of nitrogen functional groups attached to an aromatic ring is 1. The van der Waals surface area contributed by atoms with Crippen LogP contribution in [0, 0.1) is 13.8 Å². The van der Waals surface area contributed by atoms with E-state index in [4.69, 9.17) is 5.73 Å². The first-order valence-corrected chi connectivity index (χ1v) is 6.67. The lowest BCUT2D eigenvalue weighted by atomic mass is 9.96. The minimum absolute atomic E-state index is 0.116. The molecule has 102 valence electrons. The van der Waals surface area contributed by atoms with Crippen LogP contribution in [0.3, 0.4) is 0 Å². The molecule has 0 bridgehead atoms. The molecule has 2 aromatic rings. The Kier molecular flexibility index (Phi) is 2.97. The van der Waals surface area contributed by atoms with Gasteiger partial charge in [0.25, 0.3) is 0 Å². The second-order valence-electron chi connectivity index (χ2n) is 5.21. The Morgan fingerprint density at radius 1 is 1.05 bits per heavy atom. The Morgan fingerprint density at radius 3 is 2.30 bits per heavy atom. The van der Waals surface area contributed by atoms with E-state index in [1.807, 2.05) is 50.2 Å². The van der Waals surface area contributed by atoms with Crippen LogP contribution in [0.25, 0.3) is 11.5 Å². The number of fused-ring (bicyclic) bond motifs is 1. The molecule has 3 N–H and O–H groups in total. The Morgan fingerprint density at radius 2 is 1.65 bits per heavy atom. The summed E-state index contributed by atoms with van der Waals surface area (Å²) in [4.78, 5) is 0. The highest BCUT2D eigenvalue weighted by Gasteiger charge is 2.15. The number of benzene rings is 2. The van der Waals surface area contributed by atoms with Gasteiger partial charge in [0.2, 0.25) is 0 Å². The van der Waals surface area contributed by atoms with Crippen LogP contribution < -0.4 is 21.5 Å². The Labute approximate surface area is 117 Å². The van der Waals surface area contributed by atoms with Gasteiger partial charge in [0.1, 0.15) is 5.83 Å². The molecule has 1 aliphatic rings. The zero-order chi connectivity index (χ0) is 14.3. The van der Waals surface area contributed by atoms with E-state index in [0.29, 0.717) is 5.22 Å². The standard InChI is InChI=1S/C17H17FN2/c1-10-7-12(19)8-11(2)16(10)17-14-6-4-3-5-13(14)15(18)9-20-17/h3-8,20H,9,19H2,1-2H3. The molecule has 0 radical (unpaired) electrons. The third-order valence-electron chi connectivity index (χ3n) is 3.71. The second kappa shape index (κ2) is 4.67. The van der Waals surface area contributed by atoms with Gasteiger partial charge in [-0.3, -0.25) is 0 Å². The molecule has 1 heterocycles. The molecule has 0 amide bonds. The van der Waals surface area contributed by atoms with Crippen LogP contribution in [-0.2, 0) is 0 Å². The first-order chi connectivity index (χ1) is 9.58. The summed E-state index contributed by atoms with van der Waals surface area (Å²) in [5, 5.41) is 4.79. The monoisotopic (exact) mass is 268 g/mol. The average molecular weight is 268 g/mol. The fraction of sp³-hybridized carbons (Fsp3) is 0.176. The van der Waals surface area contributed by atoms with E-state index in [2.05, 4.69) is 5.32 Å². The van der Waals surface area contributed by atoms with Crippen LogP contribution in [-0.4, -0.2) is 6.54 Å². The molecule has 0 fully saturated rings. The molecule has 20 heavy (non-hydrogen) atoms. The molecule has 0 atom stereocenters. The number of halogens is 1. The van der Waals surface area contributed by atoms with Crippen molar-refractivity contribution in [3.63, 3.8) is 0 Å². The lowest BCUT2D eigenvalue weighted by molar-refractivity contribution is 0.696. The van der Waals surface area contributed by atoms with Crippen molar-refractivity contribution in [2.24, 2.45) is 0 Å². The Hall–Kier alpha value is -2.29. The summed E-state index contributed by atoms with van der Waals surface area (Å²) in [5.74, 6) is -0.116. The van der Waals surface area contributed by atoms with E-state index in [1.165, 1.54) is 0 Å². The predicted octanol–water partition coefficient (Wildman–Crippen LogP) is 1.72. The van der Waals surface area contributed by atoms with Gasteiger partial charge < -0.3 is 11.1 Å². The average Bonchev–Trinajstić information content (AvgIpc) is 2.40. The highest BCUT2D eigenvalue weighted by atomic mass is 19.1. The summed E-state index contributed by atoms with van der Waals surface area (Å²) < 4.78 is 14.0. The number of nitrogens with one attached hydrogen (secondary N) is 1. The third-order valence-corrected chi connectivity index (χ3v) is 3.71. The molecule has 2 aromatic carbocycles. The number of rotatable bonds is 1. The zero-order valence-corrected chi connectivity index (χ0v) is 11.6. The second-order valence-corrected chi connectivity index (χ2v) is 5.21. The van der Waals surface area contributed by atoms with E-state index in [1.54, 1.807) is 0 Å². The quantitative estimate of drug-likeness (QED) is 0.773. The van der Waals surface area contributed by atoms with Crippen molar-refractivity contribution in [2.75, 3.05) is 12.3 Å². The topological polar surface area (TPSA) is 38.0 Å². The van der Waals surface area contributed by atoms with Gasteiger partial charge in [-0.1, -0.05) is 24.3 Å². The Bertz CT molecular complexity index is 783. The maximum absolute atomic E-state index is 14.0. The molecule has 3 heteroatoms. The van der Waals surface area contributed by atoms with E-state index in [0.717, 1.165) is 33.3 Å². The lowest BCUT2D eigenvalue weighted by Gasteiger charge is -2.20. The molecule has 0 saturated heterocycles. The lowest BCUT2D eigenvalue weighted by Crippen LogP contribution is -2.40. The smallest absolute Gasteiger partial charge is 0.127 e. The minimum atomic E-state index is -0.116. The van der Waals surface area contributed by atoms with Crippen molar-refractivity contribution < 1.29 is 4.39 Å². The van der Waals surface area contributed by atoms with Crippen molar-refractivity contribution in [1.29, 1.82) is 0 Å². The Balaban J connectivity index is 2.42. The van der Waals surface area contributed by atoms with Crippen molar-refractivity contribution in [1.82, 2.24) is 5.32 Å². The third kappa shape index (κ3) is 1.95. The van der Waals surface area contributed by atoms with Crippen molar-refractivity contribution >= 4 is 17.2 Å². The first-order valence-electron chi connectivity index (χ1n) is 6.67. The van der Waals surface area contributed by atoms with E-state index in [-0.39, 0.29) is 12.4 Å². The molecule has 3 rings (SSSR count). The van der Waals surface area contributed by atoms with Gasteiger partial charge in [-0.2, -0.15) is 0 Å². The number of aryl methyl sites for hydroxylation is 2. The molecule has 0 aromatic heterocycles. The molecular formula is C17H17FN2. The van der Waals surface area contributed by atoms with Crippen molar-refractivity contribution in [3.8, 4) is 0 Å². The summed E-state index contributed by atoms with van der Waals surface area (Å²) in [6.45, 7) is 4.30. The van der Waals surface area contributed by atoms with E-state index in [9.17, 15) is 4.39 Å². The fourth-order valence-corrected chi connectivity index (χ4v) is 2.91. The van der Waals surface area contributed by atoms with Crippen LogP contribution in [0.2, 0.25) is 0 Å². The summed E-state index contributed by atoms with van der Waals surface area (Å²) in [7, 11) is 0. The molecular weight excluding hydrogens is 251 g/mol. The molecule has 1 aliphatic heterocycles. The zero-order valence-electron chi connectivity index (χ0n) is 11.6. The molecule has 0 unspecified atom stereocenters. The van der Waals surface area contributed by atoms with Crippen LogP contribution in [0.5, 0.6) is 0 Å². The highest BCUT2D eigenvalue weighted by Crippen LogP contribution is 2.23. The largest absolute Gasteiger partial charge is 0.399 e. The van der Waals surface area contributed by atoms with Crippen LogP contribution in [0.15, 0.2) is 36.4 Å². The summed E-state index contributed by atoms with van der Waals surface area (Å²) in [5.41, 5.74) is 10.9. The predicted molar refractivity (Wildman–Crippen MR) is 81.0 cm³/mol. The summed E-state index contributed by atoms with van der Waals surface area (Å²) >= 11 is 0. The molecule has 2 nitrogen and oxygen atoms in total. The van der Waals surface area contributed by atoms with Gasteiger partial charge in [0, 0.05) is 21.7 Å². The molecule has 0 spiro atoms. The summed E-state index contributed by atoms with van der Waals surface area (Å²) in [6, 6.07) is 11.5. The van der Waals surface area contributed by atoms with Crippen molar-refractivity contribution in [3.05, 3.63) is 63.5 Å². The fourth-order valence-electron chi connectivity index (χ4n) is 2.91. The van der Waals surface area contributed by atoms with E-state index >= 15 is 0 Å². The first kappa shape index (κ1) is 12.7. The number of nitrogens with two attached hydrogens (primary N) is 1. The number of hydrogen-bond acceptors (Lipinski definition) is 2. The molecule has 0 saturated carbocycles. The van der Waals surface area contributed by atoms with Crippen LogP contribution in [0.4, 0.5) is 10.1 Å². The number of hydrogen-bond donors (Lipinski definition) is 2. The van der Waals surface area contributed by atoms with Gasteiger partial charge in [-0.25, -0.2) is 4.39 Å². The maximum atomic E-state index is 14.0. The van der Waals surface area contributed by atoms with Gasteiger partial charge in [-0.05, 0) is 37.1 Å². The van der Waals surface area contributed by atoms with Crippen LogP contribution >= 0.6 is 0 Å². The normalized spacial score (nSPS) is 13.9. The van der Waals surface area contributed by atoms with E-state index < -0.39 is 0 Å². The minimum Gasteiger partial charge on any atom is -0.399 e. The van der Waals surface area contributed by atoms with Gasteiger partial charge >= 0.3 is 0 Å². The van der Waals surface area contributed by atoms with Gasteiger partial charge in [0.15, 0.2) is 0 Å².